The first-order valence-electron chi connectivity index (χ1n) is 23.0. The first-order valence-corrected chi connectivity index (χ1v) is 23.0. The lowest BCUT2D eigenvalue weighted by molar-refractivity contribution is -0.333. The van der Waals surface area contributed by atoms with Crippen LogP contribution in [0.2, 0.25) is 0 Å². The van der Waals surface area contributed by atoms with E-state index in [2.05, 4.69) is 34.6 Å². The molecule has 0 amide bonds. The number of carbonyl (C=O) groups excluding carboxylic acids is 2. The monoisotopic (exact) mass is 867 g/mol. The maximum absolute atomic E-state index is 12.4. The van der Waals surface area contributed by atoms with Crippen molar-refractivity contribution in [3.63, 3.8) is 0 Å². The average molecular weight is 867 g/mol. The third-order valence-corrected chi connectivity index (χ3v) is 18.6. The van der Waals surface area contributed by atoms with Crippen molar-refractivity contribution >= 4 is 11.9 Å². The van der Waals surface area contributed by atoms with Crippen LogP contribution in [-0.2, 0) is 38.0 Å². The lowest BCUT2D eigenvalue weighted by Gasteiger charge is -2.65. The van der Waals surface area contributed by atoms with E-state index in [1.165, 1.54) is 13.8 Å². The zero-order valence-electron chi connectivity index (χ0n) is 37.6. The van der Waals surface area contributed by atoms with Crippen LogP contribution >= 0.6 is 0 Å². The van der Waals surface area contributed by atoms with E-state index in [0.717, 1.165) is 32.1 Å². The van der Waals surface area contributed by atoms with Gasteiger partial charge in [0.25, 0.3) is 0 Å². The van der Waals surface area contributed by atoms with Crippen LogP contribution in [-0.4, -0.2) is 145 Å². The topological polar surface area (TPSA) is 231 Å². The second kappa shape index (κ2) is 15.3. The maximum Gasteiger partial charge on any atom is 0.303 e. The highest BCUT2D eigenvalue weighted by Crippen LogP contribution is 2.89. The summed E-state index contributed by atoms with van der Waals surface area (Å²) in [6, 6.07) is 0. The highest BCUT2D eigenvalue weighted by Gasteiger charge is 2.85. The quantitative estimate of drug-likeness (QED) is 0.131. The normalized spacial score (nSPS) is 53.8. The molecule has 0 aromatic carbocycles. The zero-order valence-corrected chi connectivity index (χ0v) is 37.6. The van der Waals surface area contributed by atoms with Crippen molar-refractivity contribution in [3.05, 3.63) is 0 Å². The minimum atomic E-state index is -1.61. The maximum atomic E-state index is 12.4. The van der Waals surface area contributed by atoms with E-state index in [-0.39, 0.29) is 51.6 Å². The van der Waals surface area contributed by atoms with Crippen molar-refractivity contribution in [1.29, 1.82) is 0 Å². The van der Waals surface area contributed by atoms with Gasteiger partial charge in [0.2, 0.25) is 0 Å². The van der Waals surface area contributed by atoms with Crippen LogP contribution in [0, 0.1) is 44.8 Å². The van der Waals surface area contributed by atoms with Gasteiger partial charge in [-0.15, -0.1) is 0 Å². The zero-order chi connectivity index (χ0) is 44.6. The minimum absolute atomic E-state index is 0.0797. The van der Waals surface area contributed by atoms with Gasteiger partial charge in [-0.05, 0) is 130 Å². The Morgan fingerprint density at radius 2 is 1.39 bits per heavy atom. The van der Waals surface area contributed by atoms with Crippen LogP contribution in [0.1, 0.15) is 133 Å². The molecular weight excluding hydrogens is 792 g/mol. The van der Waals surface area contributed by atoms with Crippen molar-refractivity contribution in [1.82, 2.24) is 0 Å². The molecule has 0 aromatic heterocycles. The largest absolute Gasteiger partial charge is 0.460 e. The first kappa shape index (κ1) is 46.0. The van der Waals surface area contributed by atoms with Crippen LogP contribution in [0.4, 0.5) is 0 Å². The molecule has 2 aliphatic heterocycles. The van der Waals surface area contributed by atoms with Gasteiger partial charge < -0.3 is 64.2 Å². The molecule has 6 saturated carbocycles. The second-order valence-electron chi connectivity index (χ2n) is 22.6. The number of aliphatic hydroxyl groups is 7. The van der Waals surface area contributed by atoms with E-state index in [0.29, 0.717) is 38.5 Å². The predicted molar refractivity (Wildman–Crippen MR) is 216 cm³/mol. The number of rotatable bonds is 9. The molecule has 0 aromatic rings. The number of esters is 2. The number of aliphatic hydroxyl groups excluding tert-OH is 6. The Hall–Kier alpha value is -1.50. The third kappa shape index (κ3) is 6.90. The molecule has 6 aliphatic carbocycles. The molecule has 21 atom stereocenters. The molecule has 2 heterocycles. The van der Waals surface area contributed by atoms with E-state index in [1.54, 1.807) is 13.8 Å². The standard InChI is InChI=1S/C46H74O15/c1-22(48)56-25-10-11-26(36(33(25)52)57-23(2)49)58-30-13-15-46-21-45(46)17-16-42(7)37(44(9)14-12-31(61-44)41(5,6)55)24(50)19-43(42,8)29(45)18-27(38(46)40(30,3)4)59-39-35(54)34(53)32(51)28(20-47)60-39/h24-39,47,50-55H,10-21H2,1-9H3. The van der Waals surface area contributed by atoms with Gasteiger partial charge in [0.15, 0.2) is 12.4 Å². The number of hydrogen-bond donors (Lipinski definition) is 7. The van der Waals surface area contributed by atoms with Gasteiger partial charge in [0.05, 0.1) is 48.3 Å². The summed E-state index contributed by atoms with van der Waals surface area (Å²) in [6.45, 7) is 16.7. The molecule has 8 aliphatic rings. The van der Waals surface area contributed by atoms with Crippen molar-refractivity contribution in [2.75, 3.05) is 6.61 Å². The molecule has 2 spiro atoms. The van der Waals surface area contributed by atoms with Crippen molar-refractivity contribution in [2.45, 2.75) is 224 Å². The SMILES string of the molecule is CC(=O)OC1CCC(OC2CCC34CC35CCC3(C)C(C6(C)CCC(C(C)(C)O)O6)C(O)CC3(C)C5CC(OC3OC(CO)C(O)C(O)C3O)C4C2(C)C)C(OC(C)=O)C1O. The summed E-state index contributed by atoms with van der Waals surface area (Å²) >= 11 is 0. The highest BCUT2D eigenvalue weighted by atomic mass is 16.7. The lowest BCUT2D eigenvalue weighted by Crippen LogP contribution is -2.65. The van der Waals surface area contributed by atoms with Gasteiger partial charge in [-0.25, -0.2) is 0 Å². The van der Waals surface area contributed by atoms with Gasteiger partial charge in [0.1, 0.15) is 36.6 Å². The van der Waals surface area contributed by atoms with Gasteiger partial charge in [-0.2, -0.15) is 0 Å². The summed E-state index contributed by atoms with van der Waals surface area (Å²) in [7, 11) is 0. The van der Waals surface area contributed by atoms with Crippen LogP contribution in [0.3, 0.4) is 0 Å². The number of carbonyl (C=O) groups is 2. The third-order valence-electron chi connectivity index (χ3n) is 18.6. The number of fused-ring (bicyclic) bond motifs is 2. The van der Waals surface area contributed by atoms with Gasteiger partial charge >= 0.3 is 11.9 Å². The fraction of sp³-hybridized carbons (Fsp3) is 0.957. The summed E-state index contributed by atoms with van der Waals surface area (Å²) < 4.78 is 37.9. The lowest BCUT2D eigenvalue weighted by atomic mass is 9.41. The van der Waals surface area contributed by atoms with Gasteiger partial charge in [0, 0.05) is 19.8 Å². The smallest absolute Gasteiger partial charge is 0.303 e. The average Bonchev–Trinajstić information content (AvgIpc) is 3.52. The Morgan fingerprint density at radius 3 is 2.02 bits per heavy atom. The van der Waals surface area contributed by atoms with E-state index in [1.807, 2.05) is 0 Å². The molecule has 7 N–H and O–H groups in total. The van der Waals surface area contributed by atoms with Crippen LogP contribution in [0.15, 0.2) is 0 Å². The van der Waals surface area contributed by atoms with Gasteiger partial charge in [-0.1, -0.05) is 27.7 Å². The molecule has 8 rings (SSSR count). The number of hydrogen-bond acceptors (Lipinski definition) is 15. The second-order valence-corrected chi connectivity index (χ2v) is 22.6. The van der Waals surface area contributed by atoms with Gasteiger partial charge in [-0.3, -0.25) is 9.59 Å². The molecule has 8 fully saturated rings. The summed E-state index contributed by atoms with van der Waals surface area (Å²) in [6.07, 6.45) is -5.48. The molecular formula is C46H74O15. The molecule has 15 heteroatoms. The summed E-state index contributed by atoms with van der Waals surface area (Å²) in [5.41, 5.74) is -3.24. The van der Waals surface area contributed by atoms with Crippen molar-refractivity contribution < 1.29 is 73.8 Å². The molecule has 2 saturated heterocycles. The van der Waals surface area contributed by atoms with E-state index < -0.39 is 102 Å². The molecule has 21 unspecified atom stereocenters. The van der Waals surface area contributed by atoms with Crippen LogP contribution < -0.4 is 0 Å². The van der Waals surface area contributed by atoms with Crippen molar-refractivity contribution in [3.8, 4) is 0 Å². The van der Waals surface area contributed by atoms with Crippen molar-refractivity contribution in [2.24, 2.45) is 44.8 Å². The summed E-state index contributed by atoms with van der Waals surface area (Å²) in [4.78, 5) is 24.2. The Kier molecular flexibility index (Phi) is 11.5. The Bertz CT molecular complexity index is 1680. The molecule has 0 radical (unpaired) electrons. The van der Waals surface area contributed by atoms with E-state index >= 15 is 0 Å². The predicted octanol–water partition coefficient (Wildman–Crippen LogP) is 2.67. The molecule has 0 bridgehead atoms. The molecule has 61 heavy (non-hydrogen) atoms. The van der Waals surface area contributed by atoms with Crippen LogP contribution in [0.5, 0.6) is 0 Å². The first-order chi connectivity index (χ1) is 28.3. The summed E-state index contributed by atoms with van der Waals surface area (Å²) in [5, 5.41) is 77.7. The number of ether oxygens (including phenoxy) is 6. The van der Waals surface area contributed by atoms with Crippen LogP contribution in [0.25, 0.3) is 0 Å². The van der Waals surface area contributed by atoms with E-state index in [4.69, 9.17) is 28.4 Å². The Balaban J connectivity index is 1.14. The van der Waals surface area contributed by atoms with E-state index in [9.17, 15) is 45.3 Å². The summed E-state index contributed by atoms with van der Waals surface area (Å²) in [5.74, 6) is -1.37. The fourth-order valence-corrected chi connectivity index (χ4v) is 15.9. The minimum Gasteiger partial charge on any atom is -0.460 e. The Morgan fingerprint density at radius 1 is 0.721 bits per heavy atom. The fourth-order valence-electron chi connectivity index (χ4n) is 15.9. The molecule has 348 valence electrons. The molecule has 15 nitrogen and oxygen atoms in total. The highest BCUT2D eigenvalue weighted by molar-refractivity contribution is 5.67. The Labute approximate surface area is 360 Å².